The highest BCUT2D eigenvalue weighted by Crippen LogP contribution is 2.71. The second-order valence-electron chi connectivity index (χ2n) is 11.9. The molecule has 3 aromatic rings. The molecule has 41 heavy (non-hydrogen) atoms. The van der Waals surface area contributed by atoms with E-state index in [1.165, 1.54) is 18.3 Å². The first-order valence-electron chi connectivity index (χ1n) is 13.6. The van der Waals surface area contributed by atoms with E-state index < -0.39 is 39.1 Å². The van der Waals surface area contributed by atoms with Crippen LogP contribution in [0.5, 0.6) is 11.5 Å². The fourth-order valence-electron chi connectivity index (χ4n) is 8.98. The van der Waals surface area contributed by atoms with Gasteiger partial charge in [-0.1, -0.05) is 12.1 Å². The van der Waals surface area contributed by atoms with E-state index in [1.807, 2.05) is 18.2 Å². The molecular formula is C30H32N4O7. The van der Waals surface area contributed by atoms with Crippen LogP contribution in [0, 0.1) is 28.9 Å². The van der Waals surface area contributed by atoms with Crippen molar-refractivity contribution in [1.82, 2.24) is 15.5 Å². The Morgan fingerprint density at radius 1 is 1.10 bits per heavy atom. The number of aromatic nitrogens is 2. The van der Waals surface area contributed by atoms with E-state index in [0.29, 0.717) is 42.7 Å². The van der Waals surface area contributed by atoms with Crippen molar-refractivity contribution in [2.75, 3.05) is 14.2 Å². The maximum Gasteiger partial charge on any atom is 0.309 e. The molecule has 11 nitrogen and oxygen atoms in total. The van der Waals surface area contributed by atoms with Gasteiger partial charge in [-0.25, -0.2) is 0 Å². The summed E-state index contributed by atoms with van der Waals surface area (Å²) in [7, 11) is 3.20. The number of carbonyl (C=O) groups is 2. The Balaban J connectivity index is 1.61. The number of hydrogen-bond donors (Lipinski definition) is 3. The Morgan fingerprint density at radius 3 is 2.41 bits per heavy atom. The van der Waals surface area contributed by atoms with Crippen molar-refractivity contribution in [1.29, 1.82) is 0 Å². The summed E-state index contributed by atoms with van der Waals surface area (Å²) in [5.74, 6) is -1.05. The minimum absolute atomic E-state index is 0.0498. The number of carboxylic acid groups (broad SMARTS) is 1. The van der Waals surface area contributed by atoms with Crippen molar-refractivity contribution in [3.63, 3.8) is 0 Å². The fraction of sp³-hybridized carbons (Fsp3) is 0.433. The van der Waals surface area contributed by atoms with Gasteiger partial charge in [0.05, 0.1) is 30.6 Å². The molecule has 11 heteroatoms. The van der Waals surface area contributed by atoms with E-state index >= 15 is 0 Å². The predicted molar refractivity (Wildman–Crippen MR) is 147 cm³/mol. The average Bonchev–Trinajstić information content (AvgIpc) is 3.46. The number of H-pyrrole nitrogens is 1. The average molecular weight is 561 g/mol. The largest absolute Gasteiger partial charge is 0.496 e. The third-order valence-electron chi connectivity index (χ3n) is 9.67. The standard InChI is InChI=1S/C30H32N4O7/c1-17-11-19(34(38)39)7-8-20(17)29-13-18-12-28(15-29,24-22(40-2)5-4-6-23(24)41-3)16-30(14-18,25(29)27(36)37)32-26(35)21-9-10-31-33-21/h4-11,18,25H,12-16H2,1-3H3,(H,31,33)(H,32,35)(H,36,37). The molecule has 0 spiro atoms. The van der Waals surface area contributed by atoms with Crippen molar-refractivity contribution in [2.24, 2.45) is 11.8 Å². The first-order valence-corrected chi connectivity index (χ1v) is 13.6. The van der Waals surface area contributed by atoms with Crippen LogP contribution >= 0.6 is 0 Å². The second-order valence-corrected chi connectivity index (χ2v) is 11.9. The SMILES string of the molecule is COc1cccc(OC)c1C12CC3CC(NC(=O)c4ccn[nH]4)(C1)C(C(=O)O)C(c1ccc([N+](=O)[O-])cc1C)(C3)C2. The van der Waals surface area contributed by atoms with Crippen LogP contribution in [0.25, 0.3) is 0 Å². The summed E-state index contributed by atoms with van der Waals surface area (Å²) in [5, 5.41) is 32.3. The van der Waals surface area contributed by atoms with Crippen molar-refractivity contribution >= 4 is 17.6 Å². The van der Waals surface area contributed by atoms with E-state index in [9.17, 15) is 24.8 Å². The van der Waals surface area contributed by atoms with Crippen molar-refractivity contribution in [3.05, 3.63) is 81.2 Å². The number of rotatable bonds is 8. The molecule has 4 aliphatic carbocycles. The number of nitrogens with one attached hydrogen (secondary N) is 2. The number of aryl methyl sites for hydroxylation is 1. The molecule has 4 bridgehead atoms. The molecule has 1 heterocycles. The normalized spacial score (nSPS) is 29.6. The first kappa shape index (κ1) is 26.8. The van der Waals surface area contributed by atoms with Crippen molar-refractivity contribution in [3.8, 4) is 11.5 Å². The molecule has 4 saturated carbocycles. The summed E-state index contributed by atoms with van der Waals surface area (Å²) < 4.78 is 11.7. The number of carbonyl (C=O) groups excluding carboxylic acids is 1. The van der Waals surface area contributed by atoms with Crippen LogP contribution in [-0.4, -0.2) is 51.9 Å². The van der Waals surface area contributed by atoms with Gasteiger partial charge in [-0.05, 0) is 74.3 Å². The number of methoxy groups -OCH3 is 2. The van der Waals surface area contributed by atoms with Crippen LogP contribution < -0.4 is 14.8 Å². The number of aromatic amines is 1. The van der Waals surface area contributed by atoms with Crippen LogP contribution in [0.15, 0.2) is 48.7 Å². The monoisotopic (exact) mass is 560 g/mol. The highest BCUT2D eigenvalue weighted by molar-refractivity contribution is 5.93. The van der Waals surface area contributed by atoms with Crippen LogP contribution in [0.1, 0.15) is 59.3 Å². The Kier molecular flexibility index (Phi) is 6.09. The number of nitro benzene ring substituents is 1. The molecular weight excluding hydrogens is 528 g/mol. The lowest BCUT2D eigenvalue weighted by atomic mass is 9.35. The van der Waals surface area contributed by atoms with Gasteiger partial charge in [0, 0.05) is 34.7 Å². The minimum atomic E-state index is -1.12. The van der Waals surface area contributed by atoms with Gasteiger partial charge in [-0.2, -0.15) is 5.10 Å². The zero-order chi connectivity index (χ0) is 29.2. The summed E-state index contributed by atoms with van der Waals surface area (Å²) in [6, 6.07) is 11.9. The summed E-state index contributed by atoms with van der Waals surface area (Å²) in [5.41, 5.74) is -0.156. The lowest BCUT2D eigenvalue weighted by molar-refractivity contribution is -0.384. The van der Waals surface area contributed by atoms with E-state index in [4.69, 9.17) is 9.47 Å². The molecule has 5 atom stereocenters. The second kappa shape index (κ2) is 9.32. The molecule has 4 fully saturated rings. The maximum absolute atomic E-state index is 13.6. The highest BCUT2D eigenvalue weighted by atomic mass is 16.6. The van der Waals surface area contributed by atoms with Gasteiger partial charge in [0.15, 0.2) is 0 Å². The van der Waals surface area contributed by atoms with Crippen LogP contribution in [-0.2, 0) is 15.6 Å². The number of nitro groups is 1. The number of aliphatic carboxylic acids is 1. The Morgan fingerprint density at radius 2 is 1.83 bits per heavy atom. The van der Waals surface area contributed by atoms with E-state index in [-0.39, 0.29) is 17.3 Å². The van der Waals surface area contributed by atoms with Crippen LogP contribution in [0.4, 0.5) is 5.69 Å². The van der Waals surface area contributed by atoms with Crippen molar-refractivity contribution in [2.45, 2.75) is 55.4 Å². The van der Waals surface area contributed by atoms with E-state index in [1.54, 1.807) is 33.3 Å². The number of benzene rings is 2. The molecule has 3 N–H and O–H groups in total. The Hall–Kier alpha value is -4.41. The molecule has 7 rings (SSSR count). The van der Waals surface area contributed by atoms with E-state index in [0.717, 1.165) is 17.5 Å². The van der Waals surface area contributed by atoms with Gasteiger partial charge < -0.3 is 19.9 Å². The molecule has 2 aromatic carbocycles. The van der Waals surface area contributed by atoms with Gasteiger partial charge in [-0.3, -0.25) is 24.8 Å². The van der Waals surface area contributed by atoms with Gasteiger partial charge in [0.1, 0.15) is 17.2 Å². The number of carboxylic acids is 1. The third kappa shape index (κ3) is 3.89. The van der Waals surface area contributed by atoms with Gasteiger partial charge in [0.25, 0.3) is 11.6 Å². The Bertz CT molecular complexity index is 1530. The fourth-order valence-corrected chi connectivity index (χ4v) is 8.98. The minimum Gasteiger partial charge on any atom is -0.496 e. The summed E-state index contributed by atoms with van der Waals surface area (Å²) >= 11 is 0. The summed E-state index contributed by atoms with van der Waals surface area (Å²) in [6.45, 7) is 1.80. The highest BCUT2D eigenvalue weighted by Gasteiger charge is 2.72. The zero-order valence-corrected chi connectivity index (χ0v) is 23.1. The molecule has 1 amide bonds. The summed E-state index contributed by atoms with van der Waals surface area (Å²) in [6.07, 6.45) is 4.17. The number of hydrogen-bond acceptors (Lipinski definition) is 7. The number of nitrogens with zero attached hydrogens (tertiary/aromatic N) is 2. The van der Waals surface area contributed by atoms with E-state index in [2.05, 4.69) is 15.5 Å². The molecule has 1 aromatic heterocycles. The molecule has 0 aliphatic heterocycles. The third-order valence-corrected chi connectivity index (χ3v) is 9.67. The lowest BCUT2D eigenvalue weighted by Crippen LogP contribution is -2.75. The molecule has 214 valence electrons. The first-order chi connectivity index (χ1) is 19.6. The maximum atomic E-state index is 13.6. The number of non-ortho nitro benzene ring substituents is 1. The zero-order valence-electron chi connectivity index (χ0n) is 23.1. The van der Waals surface area contributed by atoms with Crippen molar-refractivity contribution < 1.29 is 29.1 Å². The molecule has 4 aliphatic rings. The molecule has 0 saturated heterocycles. The van der Waals surface area contributed by atoms with Gasteiger partial charge >= 0.3 is 5.97 Å². The van der Waals surface area contributed by atoms with Gasteiger partial charge in [0.2, 0.25) is 0 Å². The number of amides is 1. The number of ether oxygens (including phenoxy) is 2. The van der Waals surface area contributed by atoms with Gasteiger partial charge in [-0.15, -0.1) is 0 Å². The molecule has 5 unspecified atom stereocenters. The summed E-state index contributed by atoms with van der Waals surface area (Å²) in [4.78, 5) is 38.1. The lowest BCUT2D eigenvalue weighted by Gasteiger charge is -2.69. The predicted octanol–water partition coefficient (Wildman–Crippen LogP) is 4.30. The quantitative estimate of drug-likeness (QED) is 0.272. The Labute approximate surface area is 236 Å². The van der Waals surface area contributed by atoms with Crippen LogP contribution in [0.3, 0.4) is 0 Å². The smallest absolute Gasteiger partial charge is 0.309 e. The van der Waals surface area contributed by atoms with Crippen LogP contribution in [0.2, 0.25) is 0 Å². The molecule has 0 radical (unpaired) electrons. The topological polar surface area (TPSA) is 157 Å².